The molecule has 2 fully saturated rings. The largest absolute Gasteiger partial charge is 0.338 e. The molecule has 1 aliphatic carbocycles. The van der Waals surface area contributed by atoms with Crippen molar-refractivity contribution in [2.45, 2.75) is 43.7 Å². The highest BCUT2D eigenvalue weighted by Crippen LogP contribution is 2.38. The highest BCUT2D eigenvalue weighted by atomic mass is 19.1. The number of carbonyl (C=O) groups is 1. The Morgan fingerprint density at radius 3 is 2.67 bits per heavy atom. The number of likely N-dealkylation sites (tertiary alicyclic amines) is 1. The number of hydrogen-bond acceptors (Lipinski definition) is 3. The van der Waals surface area contributed by atoms with Gasteiger partial charge in [-0.1, -0.05) is 18.6 Å². The zero-order valence-electron chi connectivity index (χ0n) is 15.9. The summed E-state index contributed by atoms with van der Waals surface area (Å²) < 4.78 is 15.0. The molecule has 2 aliphatic rings. The Morgan fingerprint density at radius 2 is 1.96 bits per heavy atom. The third kappa shape index (κ3) is 3.63. The lowest BCUT2D eigenvalue weighted by molar-refractivity contribution is -0.127. The molecule has 2 aromatic rings. The molecular formula is C21H27FN4O. The second-order valence-corrected chi connectivity index (χ2v) is 7.96. The van der Waals surface area contributed by atoms with Crippen molar-refractivity contribution in [3.63, 3.8) is 0 Å². The predicted molar refractivity (Wildman–Crippen MR) is 102 cm³/mol. The fraction of sp³-hybridized carbons (Fsp3) is 0.524. The zero-order valence-corrected chi connectivity index (χ0v) is 15.9. The van der Waals surface area contributed by atoms with Crippen LogP contribution in [0, 0.1) is 11.7 Å². The van der Waals surface area contributed by atoms with Gasteiger partial charge in [0.15, 0.2) is 0 Å². The summed E-state index contributed by atoms with van der Waals surface area (Å²) in [5, 5.41) is 8.01. The number of carbonyl (C=O) groups excluding carboxylic acids is 1. The van der Waals surface area contributed by atoms with E-state index in [1.54, 1.807) is 16.8 Å². The maximum Gasteiger partial charge on any atom is 0.223 e. The first kappa shape index (κ1) is 18.2. The van der Waals surface area contributed by atoms with Gasteiger partial charge in [-0.3, -0.25) is 9.48 Å². The normalized spacial score (nSPS) is 28.3. The minimum atomic E-state index is -0.187. The second kappa shape index (κ2) is 7.43. The molecule has 1 aromatic heterocycles. The van der Waals surface area contributed by atoms with Crippen LogP contribution in [0.1, 0.15) is 48.8 Å². The van der Waals surface area contributed by atoms with E-state index < -0.39 is 0 Å². The van der Waals surface area contributed by atoms with Crippen LogP contribution >= 0.6 is 0 Å². The molecule has 0 radical (unpaired) electrons. The number of aryl methyl sites for hydroxylation is 1. The number of rotatable bonds is 5. The average molecular weight is 370 g/mol. The number of nitrogens with one attached hydrogen (secondary N) is 1. The summed E-state index contributed by atoms with van der Waals surface area (Å²) in [6, 6.07) is 7.37. The van der Waals surface area contributed by atoms with Gasteiger partial charge < -0.3 is 10.2 Å². The van der Waals surface area contributed by atoms with Crippen molar-refractivity contribution >= 4 is 5.91 Å². The quantitative estimate of drug-likeness (QED) is 0.880. The maximum absolute atomic E-state index is 13.2. The summed E-state index contributed by atoms with van der Waals surface area (Å²) in [5.74, 6) is 0.656. The van der Waals surface area contributed by atoms with Crippen LogP contribution in [0.25, 0.3) is 0 Å². The Balaban J connectivity index is 1.45. The molecule has 0 bridgehead atoms. The molecule has 1 aromatic carbocycles. The Labute approximate surface area is 159 Å². The average Bonchev–Trinajstić information content (AvgIpc) is 3.34. The van der Waals surface area contributed by atoms with Crippen LogP contribution in [0.2, 0.25) is 0 Å². The van der Waals surface area contributed by atoms with Crippen molar-refractivity contribution in [1.82, 2.24) is 20.0 Å². The number of nitrogens with zero attached hydrogens (tertiary/aromatic N) is 3. The van der Waals surface area contributed by atoms with Gasteiger partial charge in [-0.2, -0.15) is 5.10 Å². The van der Waals surface area contributed by atoms with E-state index in [0.717, 1.165) is 24.9 Å². The molecule has 2 heterocycles. The van der Waals surface area contributed by atoms with E-state index in [4.69, 9.17) is 0 Å². The molecule has 1 saturated heterocycles. The van der Waals surface area contributed by atoms with Gasteiger partial charge in [0.25, 0.3) is 0 Å². The first-order chi connectivity index (χ1) is 13.0. The Morgan fingerprint density at radius 1 is 1.19 bits per heavy atom. The van der Waals surface area contributed by atoms with Crippen LogP contribution in [0.15, 0.2) is 36.7 Å². The van der Waals surface area contributed by atoms with Gasteiger partial charge >= 0.3 is 0 Å². The van der Waals surface area contributed by atoms with Crippen molar-refractivity contribution < 1.29 is 9.18 Å². The van der Waals surface area contributed by atoms with E-state index in [1.165, 1.54) is 12.0 Å². The van der Waals surface area contributed by atoms with Gasteiger partial charge in [0.05, 0.1) is 12.2 Å². The van der Waals surface area contributed by atoms with Gasteiger partial charge in [-0.15, -0.1) is 0 Å². The Bertz CT molecular complexity index is 803. The molecule has 0 spiro atoms. The van der Waals surface area contributed by atoms with Gasteiger partial charge in [0.2, 0.25) is 5.91 Å². The van der Waals surface area contributed by atoms with E-state index in [-0.39, 0.29) is 23.7 Å². The van der Waals surface area contributed by atoms with E-state index >= 15 is 0 Å². The molecule has 5 nitrogen and oxygen atoms in total. The van der Waals surface area contributed by atoms with E-state index in [0.29, 0.717) is 18.4 Å². The number of aromatic nitrogens is 2. The van der Waals surface area contributed by atoms with E-state index in [2.05, 4.69) is 10.4 Å². The maximum atomic E-state index is 13.2. The summed E-state index contributed by atoms with van der Waals surface area (Å²) in [6.45, 7) is 0.804. The molecule has 27 heavy (non-hydrogen) atoms. The SMILES string of the molecule is CN1C(=O)C[C@@H](CN[C@@H]2CCC[C@@H]2c2ccc(F)cc2)[C@@H]1c1cnn(C)c1. The highest BCUT2D eigenvalue weighted by molar-refractivity contribution is 5.79. The van der Waals surface area contributed by atoms with Crippen LogP contribution in [-0.2, 0) is 11.8 Å². The first-order valence-electron chi connectivity index (χ1n) is 9.76. The zero-order chi connectivity index (χ0) is 19.0. The number of hydrogen-bond donors (Lipinski definition) is 1. The summed E-state index contributed by atoms with van der Waals surface area (Å²) >= 11 is 0. The molecule has 1 N–H and O–H groups in total. The second-order valence-electron chi connectivity index (χ2n) is 7.96. The smallest absolute Gasteiger partial charge is 0.223 e. The lowest BCUT2D eigenvalue weighted by Gasteiger charge is -2.27. The van der Waals surface area contributed by atoms with Gasteiger partial charge in [-0.25, -0.2) is 4.39 Å². The van der Waals surface area contributed by atoms with E-state index in [1.807, 2.05) is 43.5 Å². The molecule has 1 amide bonds. The summed E-state index contributed by atoms with van der Waals surface area (Å²) in [6.07, 6.45) is 7.86. The van der Waals surface area contributed by atoms with Crippen LogP contribution in [-0.4, -0.2) is 40.2 Å². The summed E-state index contributed by atoms with van der Waals surface area (Å²) in [4.78, 5) is 14.2. The molecule has 0 unspecified atom stereocenters. The number of amides is 1. The predicted octanol–water partition coefficient (Wildman–Crippen LogP) is 3.00. The van der Waals surface area contributed by atoms with Crippen LogP contribution in [0.5, 0.6) is 0 Å². The standard InChI is InChI=1S/C21H27FN4O/c1-25-13-16(12-24-25)21-15(10-20(27)26(21)2)11-23-19-5-3-4-18(19)14-6-8-17(22)9-7-14/h6-9,12-13,15,18-19,21,23H,3-5,10-11H2,1-2H3/t15-,18+,19+,21+/m0/s1. The van der Waals surface area contributed by atoms with Crippen LogP contribution < -0.4 is 5.32 Å². The number of halogens is 1. The third-order valence-corrected chi connectivity index (χ3v) is 6.22. The minimum absolute atomic E-state index is 0.0735. The molecule has 6 heteroatoms. The minimum Gasteiger partial charge on any atom is -0.338 e. The molecule has 1 saturated carbocycles. The monoisotopic (exact) mass is 370 g/mol. The van der Waals surface area contributed by atoms with Crippen molar-refractivity contribution in [2.75, 3.05) is 13.6 Å². The molecule has 4 rings (SSSR count). The Hall–Kier alpha value is -2.21. The number of benzene rings is 1. The molecule has 4 atom stereocenters. The van der Waals surface area contributed by atoms with Crippen LogP contribution in [0.3, 0.4) is 0 Å². The fourth-order valence-electron chi connectivity index (χ4n) is 4.84. The first-order valence-corrected chi connectivity index (χ1v) is 9.76. The van der Waals surface area contributed by atoms with Crippen LogP contribution in [0.4, 0.5) is 4.39 Å². The van der Waals surface area contributed by atoms with Crippen molar-refractivity contribution in [3.8, 4) is 0 Å². The molecular weight excluding hydrogens is 343 g/mol. The fourth-order valence-corrected chi connectivity index (χ4v) is 4.84. The summed E-state index contributed by atoms with van der Waals surface area (Å²) in [7, 11) is 3.79. The van der Waals surface area contributed by atoms with Gasteiger partial charge in [0.1, 0.15) is 5.82 Å². The topological polar surface area (TPSA) is 50.2 Å². The van der Waals surface area contributed by atoms with Gasteiger partial charge in [0, 0.05) is 50.8 Å². The van der Waals surface area contributed by atoms with Crippen molar-refractivity contribution in [3.05, 3.63) is 53.6 Å². The highest BCUT2D eigenvalue weighted by Gasteiger charge is 2.39. The lowest BCUT2D eigenvalue weighted by Crippen LogP contribution is -2.36. The molecule has 144 valence electrons. The van der Waals surface area contributed by atoms with Gasteiger partial charge in [-0.05, 0) is 36.5 Å². The molecule has 1 aliphatic heterocycles. The van der Waals surface area contributed by atoms with E-state index in [9.17, 15) is 9.18 Å². The Kier molecular flexibility index (Phi) is 5.00. The van der Waals surface area contributed by atoms with Crippen molar-refractivity contribution in [2.24, 2.45) is 13.0 Å². The third-order valence-electron chi connectivity index (χ3n) is 6.22. The lowest BCUT2D eigenvalue weighted by atomic mass is 9.92. The van der Waals surface area contributed by atoms with Crippen molar-refractivity contribution in [1.29, 1.82) is 0 Å². The summed E-state index contributed by atoms with van der Waals surface area (Å²) in [5.41, 5.74) is 2.30.